The van der Waals surface area contributed by atoms with E-state index in [1.807, 2.05) is 7.05 Å². The van der Waals surface area contributed by atoms with E-state index in [2.05, 4.69) is 21.2 Å². The van der Waals surface area contributed by atoms with Crippen LogP contribution in [-0.2, 0) is 11.2 Å². The Morgan fingerprint density at radius 2 is 2.50 bits per heavy atom. The average molecular weight is 297 g/mol. The molecule has 0 spiro atoms. The van der Waals surface area contributed by atoms with Crippen molar-refractivity contribution in [3.63, 3.8) is 0 Å². The second kappa shape index (κ2) is 4.49. The Hall–Kier alpha value is 0.390. The van der Waals surface area contributed by atoms with E-state index in [1.54, 1.807) is 11.3 Å². The molecule has 1 aliphatic heterocycles. The lowest BCUT2D eigenvalue weighted by Gasteiger charge is -2.22. The molecule has 5 heteroatoms. The summed E-state index contributed by atoms with van der Waals surface area (Å²) in [5.41, 5.74) is 1.26. The maximum Gasteiger partial charge on any atom is 0.104 e. The number of hydrogen-bond donors (Lipinski definition) is 1. The first-order valence-corrected chi connectivity index (χ1v) is 6.45. The molecule has 2 heterocycles. The molecule has 0 saturated heterocycles. The van der Waals surface area contributed by atoms with Crippen LogP contribution in [0.15, 0.2) is 3.79 Å². The maximum absolute atomic E-state index is 6.18. The topological polar surface area (TPSA) is 21.3 Å². The molecule has 1 aromatic heterocycles. The zero-order chi connectivity index (χ0) is 10.1. The lowest BCUT2D eigenvalue weighted by Crippen LogP contribution is -2.23. The molecule has 2 rings (SSSR count). The van der Waals surface area contributed by atoms with Crippen LogP contribution in [0.2, 0.25) is 5.02 Å². The van der Waals surface area contributed by atoms with Gasteiger partial charge in [0.15, 0.2) is 0 Å². The van der Waals surface area contributed by atoms with Gasteiger partial charge in [-0.3, -0.25) is 0 Å². The van der Waals surface area contributed by atoms with Gasteiger partial charge in [0.25, 0.3) is 0 Å². The van der Waals surface area contributed by atoms with Gasteiger partial charge >= 0.3 is 0 Å². The minimum Gasteiger partial charge on any atom is -0.371 e. The van der Waals surface area contributed by atoms with E-state index >= 15 is 0 Å². The first-order valence-electron chi connectivity index (χ1n) is 4.46. The first kappa shape index (κ1) is 10.9. The molecule has 1 atom stereocenters. The standard InChI is InChI=1S/C9H11BrClNOS/c1-12-4-6-8-5(2-3-13-6)7(11)9(10)14-8/h6,12H,2-4H2,1H3. The molecule has 0 aromatic carbocycles. The van der Waals surface area contributed by atoms with Crippen LogP contribution in [0.3, 0.4) is 0 Å². The number of thiophene rings is 1. The zero-order valence-electron chi connectivity index (χ0n) is 7.77. The Morgan fingerprint density at radius 3 is 3.21 bits per heavy atom. The zero-order valence-corrected chi connectivity index (χ0v) is 10.9. The van der Waals surface area contributed by atoms with Gasteiger partial charge in [-0.2, -0.15) is 0 Å². The van der Waals surface area contributed by atoms with Gasteiger partial charge in [0.05, 0.1) is 15.4 Å². The number of hydrogen-bond acceptors (Lipinski definition) is 3. The molecular formula is C9H11BrClNOS. The van der Waals surface area contributed by atoms with Crippen molar-refractivity contribution >= 4 is 38.9 Å². The lowest BCUT2D eigenvalue weighted by molar-refractivity contribution is 0.0469. The summed E-state index contributed by atoms with van der Waals surface area (Å²) in [4.78, 5) is 1.27. The smallest absolute Gasteiger partial charge is 0.104 e. The van der Waals surface area contributed by atoms with Crippen molar-refractivity contribution in [2.75, 3.05) is 20.2 Å². The predicted molar refractivity (Wildman–Crippen MR) is 63.4 cm³/mol. The summed E-state index contributed by atoms with van der Waals surface area (Å²) in [6, 6.07) is 0. The number of nitrogens with one attached hydrogen (secondary N) is 1. The normalized spacial score (nSPS) is 20.9. The van der Waals surface area contributed by atoms with E-state index in [9.17, 15) is 0 Å². The van der Waals surface area contributed by atoms with Gasteiger partial charge in [-0.15, -0.1) is 11.3 Å². The summed E-state index contributed by atoms with van der Waals surface area (Å²) < 4.78 is 6.71. The third kappa shape index (κ3) is 1.86. The van der Waals surface area contributed by atoms with Gasteiger partial charge in [-0.25, -0.2) is 0 Å². The molecule has 0 amide bonds. The van der Waals surface area contributed by atoms with Crippen molar-refractivity contribution in [1.29, 1.82) is 0 Å². The second-order valence-electron chi connectivity index (χ2n) is 3.20. The molecular weight excluding hydrogens is 286 g/mol. The molecule has 78 valence electrons. The molecule has 0 bridgehead atoms. The van der Waals surface area contributed by atoms with E-state index in [0.29, 0.717) is 0 Å². The Kier molecular flexibility index (Phi) is 3.50. The molecule has 1 unspecified atom stereocenters. The molecule has 1 N–H and O–H groups in total. The van der Waals surface area contributed by atoms with Crippen LogP contribution in [0.1, 0.15) is 16.5 Å². The monoisotopic (exact) mass is 295 g/mol. The van der Waals surface area contributed by atoms with Crippen LogP contribution in [0.5, 0.6) is 0 Å². The van der Waals surface area contributed by atoms with Gasteiger partial charge in [0, 0.05) is 11.4 Å². The number of ether oxygens (including phenoxy) is 1. The molecule has 14 heavy (non-hydrogen) atoms. The highest BCUT2D eigenvalue weighted by Crippen LogP contribution is 2.43. The fraction of sp³-hybridized carbons (Fsp3) is 0.556. The van der Waals surface area contributed by atoms with Crippen LogP contribution in [0.25, 0.3) is 0 Å². The summed E-state index contributed by atoms with van der Waals surface area (Å²) in [5, 5.41) is 4.00. The Balaban J connectivity index is 2.34. The summed E-state index contributed by atoms with van der Waals surface area (Å²) in [6.45, 7) is 1.61. The van der Waals surface area contributed by atoms with Gasteiger partial charge in [-0.05, 0) is 35.0 Å². The fourth-order valence-electron chi connectivity index (χ4n) is 1.64. The Labute approximate surface area is 101 Å². The van der Waals surface area contributed by atoms with Crippen LogP contribution in [0, 0.1) is 0 Å². The van der Waals surface area contributed by atoms with E-state index in [0.717, 1.165) is 28.4 Å². The van der Waals surface area contributed by atoms with Gasteiger partial charge in [0.2, 0.25) is 0 Å². The minimum absolute atomic E-state index is 0.164. The third-order valence-corrected chi connectivity index (χ3v) is 5.04. The Bertz CT molecular complexity index is 342. The highest BCUT2D eigenvalue weighted by Gasteiger charge is 2.26. The molecule has 0 saturated carbocycles. The Morgan fingerprint density at radius 1 is 1.71 bits per heavy atom. The molecule has 2 nitrogen and oxygen atoms in total. The molecule has 0 fully saturated rings. The van der Waals surface area contributed by atoms with Crippen molar-refractivity contribution in [2.45, 2.75) is 12.5 Å². The lowest BCUT2D eigenvalue weighted by atomic mass is 10.1. The molecule has 1 aromatic rings. The number of halogens is 2. The highest BCUT2D eigenvalue weighted by atomic mass is 79.9. The first-order chi connectivity index (χ1) is 6.74. The van der Waals surface area contributed by atoms with E-state index < -0.39 is 0 Å². The predicted octanol–water partition coefficient (Wildman–Crippen LogP) is 3.00. The van der Waals surface area contributed by atoms with E-state index in [4.69, 9.17) is 16.3 Å². The summed E-state index contributed by atoms with van der Waals surface area (Å²) in [5.74, 6) is 0. The van der Waals surface area contributed by atoms with E-state index in [1.165, 1.54) is 10.4 Å². The van der Waals surface area contributed by atoms with E-state index in [-0.39, 0.29) is 6.10 Å². The summed E-state index contributed by atoms with van der Waals surface area (Å²) in [6.07, 6.45) is 1.09. The van der Waals surface area contributed by atoms with Crippen molar-refractivity contribution < 1.29 is 4.74 Å². The molecule has 0 aliphatic carbocycles. The fourth-order valence-corrected chi connectivity index (χ4v) is 3.79. The average Bonchev–Trinajstić information content (AvgIpc) is 2.46. The minimum atomic E-state index is 0.164. The quantitative estimate of drug-likeness (QED) is 0.906. The van der Waals surface area contributed by atoms with Crippen molar-refractivity contribution in [2.24, 2.45) is 0 Å². The van der Waals surface area contributed by atoms with Gasteiger partial charge in [-0.1, -0.05) is 11.6 Å². The SMILES string of the molecule is CNCC1OCCc2c1sc(Br)c2Cl. The van der Waals surface area contributed by atoms with Gasteiger partial charge in [0.1, 0.15) is 6.10 Å². The van der Waals surface area contributed by atoms with Crippen LogP contribution in [-0.4, -0.2) is 20.2 Å². The molecule has 0 radical (unpaired) electrons. The largest absolute Gasteiger partial charge is 0.371 e. The second-order valence-corrected chi connectivity index (χ2v) is 5.95. The number of fused-ring (bicyclic) bond motifs is 1. The van der Waals surface area contributed by atoms with Crippen LogP contribution >= 0.6 is 38.9 Å². The number of likely N-dealkylation sites (N-methyl/N-ethyl adjacent to an activating group) is 1. The van der Waals surface area contributed by atoms with Crippen LogP contribution in [0.4, 0.5) is 0 Å². The summed E-state index contributed by atoms with van der Waals surface area (Å²) in [7, 11) is 1.93. The number of rotatable bonds is 2. The maximum atomic E-state index is 6.18. The van der Waals surface area contributed by atoms with Crippen molar-refractivity contribution in [3.8, 4) is 0 Å². The van der Waals surface area contributed by atoms with Crippen molar-refractivity contribution in [3.05, 3.63) is 19.2 Å². The highest BCUT2D eigenvalue weighted by molar-refractivity contribution is 9.11. The summed E-state index contributed by atoms with van der Waals surface area (Å²) >= 11 is 11.3. The third-order valence-electron chi connectivity index (χ3n) is 2.29. The van der Waals surface area contributed by atoms with Gasteiger partial charge < -0.3 is 10.1 Å². The van der Waals surface area contributed by atoms with Crippen LogP contribution < -0.4 is 5.32 Å². The van der Waals surface area contributed by atoms with Crippen molar-refractivity contribution in [1.82, 2.24) is 5.32 Å². The molecule has 1 aliphatic rings.